The van der Waals surface area contributed by atoms with Crippen LogP contribution in [-0.2, 0) is 4.79 Å². The van der Waals surface area contributed by atoms with Crippen LogP contribution in [0.5, 0.6) is 0 Å². The number of carbonyl (C=O) groups is 2. The standard InChI is InChI=1S/C23H24N4O2S2/c1-13-20(31-22(24-13)16-4-2-3-5-16)21(29)27-23-26-18(12-30-23)15-7-6-14-9-11-19(28)25-17(14)10-8-15/h6,8,10,12,16H,2-5,7,9,11H2,1H3,(H,25,28)(H,26,27,29). The molecule has 2 aromatic rings. The molecule has 0 spiro atoms. The summed E-state index contributed by atoms with van der Waals surface area (Å²) in [6.07, 6.45) is 13.0. The predicted molar refractivity (Wildman–Crippen MR) is 124 cm³/mol. The highest BCUT2D eigenvalue weighted by atomic mass is 32.1. The van der Waals surface area contributed by atoms with Crippen LogP contribution in [0.25, 0.3) is 5.57 Å². The third-order valence-electron chi connectivity index (χ3n) is 6.04. The van der Waals surface area contributed by atoms with Crippen LogP contribution in [0.3, 0.4) is 0 Å². The summed E-state index contributed by atoms with van der Waals surface area (Å²) in [5.41, 5.74) is 4.78. The maximum absolute atomic E-state index is 12.9. The van der Waals surface area contributed by atoms with Gasteiger partial charge in [-0.3, -0.25) is 14.9 Å². The van der Waals surface area contributed by atoms with Gasteiger partial charge in [0, 0.05) is 23.4 Å². The molecule has 6 nitrogen and oxygen atoms in total. The van der Waals surface area contributed by atoms with Crippen LogP contribution < -0.4 is 10.6 Å². The number of rotatable bonds is 4. The molecule has 0 unspecified atom stereocenters. The number of nitrogens with zero attached hydrogens (tertiary/aromatic N) is 2. The summed E-state index contributed by atoms with van der Waals surface area (Å²) in [6, 6.07) is 0. The van der Waals surface area contributed by atoms with Gasteiger partial charge in [-0.15, -0.1) is 22.7 Å². The molecule has 0 aromatic carbocycles. The van der Waals surface area contributed by atoms with E-state index in [1.165, 1.54) is 53.9 Å². The highest BCUT2D eigenvalue weighted by Crippen LogP contribution is 2.37. The van der Waals surface area contributed by atoms with E-state index in [9.17, 15) is 9.59 Å². The van der Waals surface area contributed by atoms with Gasteiger partial charge in [0.25, 0.3) is 5.91 Å². The zero-order chi connectivity index (χ0) is 21.4. The second kappa shape index (κ2) is 8.51. The fourth-order valence-corrected chi connectivity index (χ4v) is 6.18. The number of piperidine rings is 1. The monoisotopic (exact) mass is 452 g/mol. The van der Waals surface area contributed by atoms with Gasteiger partial charge in [0.15, 0.2) is 5.13 Å². The van der Waals surface area contributed by atoms with E-state index in [1.807, 2.05) is 24.5 Å². The molecule has 3 heterocycles. The van der Waals surface area contributed by atoms with Gasteiger partial charge in [-0.05, 0) is 49.8 Å². The minimum Gasteiger partial charge on any atom is -0.326 e. The first kappa shape index (κ1) is 20.3. The molecule has 160 valence electrons. The Labute approximate surface area is 189 Å². The zero-order valence-corrected chi connectivity index (χ0v) is 19.0. The Balaban J connectivity index is 1.30. The van der Waals surface area contributed by atoms with Gasteiger partial charge in [0.05, 0.1) is 16.4 Å². The number of anilines is 1. The average Bonchev–Trinajstić information content (AvgIpc) is 3.48. The fourth-order valence-electron chi connectivity index (χ4n) is 4.32. The second-order valence-electron chi connectivity index (χ2n) is 8.19. The first-order valence-electron chi connectivity index (χ1n) is 10.7. The van der Waals surface area contributed by atoms with Crippen molar-refractivity contribution in [1.29, 1.82) is 0 Å². The maximum atomic E-state index is 12.9. The number of amides is 2. The number of hydrogen-bond donors (Lipinski definition) is 2. The van der Waals surface area contributed by atoms with Crippen molar-refractivity contribution in [3.63, 3.8) is 0 Å². The number of nitrogens with one attached hydrogen (secondary N) is 2. The molecule has 1 aliphatic heterocycles. The van der Waals surface area contributed by atoms with Crippen LogP contribution >= 0.6 is 22.7 Å². The predicted octanol–water partition coefficient (Wildman–Crippen LogP) is 5.33. The Bertz CT molecular complexity index is 1130. The summed E-state index contributed by atoms with van der Waals surface area (Å²) >= 11 is 2.95. The minimum absolute atomic E-state index is 0.0633. The summed E-state index contributed by atoms with van der Waals surface area (Å²) < 4.78 is 0. The third-order valence-corrected chi connectivity index (χ3v) is 8.11. The van der Waals surface area contributed by atoms with Gasteiger partial charge in [-0.25, -0.2) is 9.97 Å². The summed E-state index contributed by atoms with van der Waals surface area (Å²) in [6.45, 7) is 1.91. The Morgan fingerprint density at radius 3 is 2.84 bits per heavy atom. The molecular formula is C23H24N4O2S2. The molecule has 0 bridgehead atoms. The lowest BCUT2D eigenvalue weighted by Gasteiger charge is -2.18. The number of thiazole rings is 2. The number of carbonyl (C=O) groups excluding carboxylic acids is 2. The Kier molecular flexibility index (Phi) is 5.58. The summed E-state index contributed by atoms with van der Waals surface area (Å²) in [7, 11) is 0. The lowest BCUT2D eigenvalue weighted by molar-refractivity contribution is -0.120. The molecule has 1 saturated carbocycles. The topological polar surface area (TPSA) is 84.0 Å². The van der Waals surface area contributed by atoms with Crippen LogP contribution in [0.4, 0.5) is 5.13 Å². The highest BCUT2D eigenvalue weighted by molar-refractivity contribution is 7.15. The van der Waals surface area contributed by atoms with E-state index in [0.29, 0.717) is 22.3 Å². The number of aryl methyl sites for hydroxylation is 1. The van der Waals surface area contributed by atoms with Crippen LogP contribution in [0, 0.1) is 6.92 Å². The lowest BCUT2D eigenvalue weighted by atomic mass is 10.0. The van der Waals surface area contributed by atoms with Crippen LogP contribution in [-0.4, -0.2) is 21.8 Å². The molecule has 1 saturated heterocycles. The van der Waals surface area contributed by atoms with Gasteiger partial charge < -0.3 is 5.32 Å². The summed E-state index contributed by atoms with van der Waals surface area (Å²) in [5.74, 6) is 0.442. The van der Waals surface area contributed by atoms with E-state index >= 15 is 0 Å². The maximum Gasteiger partial charge on any atom is 0.269 e. The van der Waals surface area contributed by atoms with Crippen molar-refractivity contribution < 1.29 is 9.59 Å². The largest absolute Gasteiger partial charge is 0.326 e. The van der Waals surface area contributed by atoms with Crippen LogP contribution in [0.1, 0.15) is 76.9 Å². The van der Waals surface area contributed by atoms with Gasteiger partial charge in [0.1, 0.15) is 4.88 Å². The van der Waals surface area contributed by atoms with E-state index in [0.717, 1.165) is 40.5 Å². The number of allylic oxidation sites excluding steroid dienone is 5. The van der Waals surface area contributed by atoms with Crippen molar-refractivity contribution in [1.82, 2.24) is 15.3 Å². The Morgan fingerprint density at radius 1 is 1.16 bits per heavy atom. The highest BCUT2D eigenvalue weighted by Gasteiger charge is 2.24. The van der Waals surface area contributed by atoms with Gasteiger partial charge >= 0.3 is 0 Å². The summed E-state index contributed by atoms with van der Waals surface area (Å²) in [4.78, 5) is 34.5. The van der Waals surface area contributed by atoms with E-state index in [2.05, 4.69) is 26.7 Å². The molecule has 2 aromatic heterocycles. The first-order valence-corrected chi connectivity index (χ1v) is 12.4. The molecule has 2 fully saturated rings. The molecule has 2 N–H and O–H groups in total. The summed E-state index contributed by atoms with van der Waals surface area (Å²) in [5, 5.41) is 9.55. The van der Waals surface area contributed by atoms with Crippen molar-refractivity contribution in [2.75, 3.05) is 5.32 Å². The van der Waals surface area contributed by atoms with Crippen molar-refractivity contribution in [3.8, 4) is 0 Å². The van der Waals surface area contributed by atoms with E-state index in [4.69, 9.17) is 0 Å². The zero-order valence-electron chi connectivity index (χ0n) is 17.4. The molecule has 5 rings (SSSR count). The average molecular weight is 453 g/mol. The molecule has 8 heteroatoms. The van der Waals surface area contributed by atoms with Gasteiger partial charge in [0.2, 0.25) is 5.91 Å². The number of fused-ring (bicyclic) bond motifs is 1. The third kappa shape index (κ3) is 4.27. The Morgan fingerprint density at radius 2 is 2.00 bits per heavy atom. The quantitative estimate of drug-likeness (QED) is 0.657. The molecule has 31 heavy (non-hydrogen) atoms. The molecule has 0 atom stereocenters. The molecule has 2 aliphatic carbocycles. The van der Waals surface area contributed by atoms with Crippen molar-refractivity contribution in [2.45, 2.75) is 57.8 Å². The minimum atomic E-state index is -0.132. The first-order chi connectivity index (χ1) is 15.1. The number of aromatic nitrogens is 2. The van der Waals surface area contributed by atoms with Crippen molar-refractivity contribution in [3.05, 3.63) is 56.2 Å². The second-order valence-corrected chi connectivity index (χ2v) is 10.1. The normalized spacial score (nSPS) is 19.1. The van der Waals surface area contributed by atoms with Gasteiger partial charge in [-0.1, -0.05) is 25.0 Å². The Hall–Kier alpha value is -2.58. The van der Waals surface area contributed by atoms with Gasteiger partial charge in [-0.2, -0.15) is 0 Å². The smallest absolute Gasteiger partial charge is 0.269 e. The molecule has 0 radical (unpaired) electrons. The molecular weight excluding hydrogens is 428 g/mol. The van der Waals surface area contributed by atoms with E-state index < -0.39 is 0 Å². The molecule has 2 amide bonds. The molecule has 3 aliphatic rings. The van der Waals surface area contributed by atoms with Crippen molar-refractivity contribution >= 4 is 45.2 Å². The number of hydrogen-bond acceptors (Lipinski definition) is 6. The SMILES string of the molecule is Cc1nc(C2CCCC2)sc1C(=O)Nc1nc(C2=CC=C3NC(=O)CCC3=CC2)cs1. The lowest BCUT2D eigenvalue weighted by Crippen LogP contribution is -2.28. The van der Waals surface area contributed by atoms with Crippen molar-refractivity contribution in [2.24, 2.45) is 0 Å². The van der Waals surface area contributed by atoms with Crippen LogP contribution in [0.15, 0.2) is 34.9 Å². The van der Waals surface area contributed by atoms with E-state index in [1.54, 1.807) is 0 Å². The van der Waals surface area contributed by atoms with Crippen LogP contribution in [0.2, 0.25) is 0 Å². The fraction of sp³-hybridized carbons (Fsp3) is 0.391. The van der Waals surface area contributed by atoms with E-state index in [-0.39, 0.29) is 11.8 Å².